The van der Waals surface area contributed by atoms with Gasteiger partial charge in [0, 0.05) is 23.7 Å². The molecular formula is C26H30N2OS2. The third-order valence-electron chi connectivity index (χ3n) is 6.99. The SMILES string of the molecule is Cc1ccc(CNC(=S)c2cn3c4c(c(C)c(C)c(C)c4c2=S)O[C@H](C)C3(C)C)cc1. The number of rotatable bonds is 3. The van der Waals surface area contributed by atoms with Gasteiger partial charge in [-0.3, -0.25) is 0 Å². The summed E-state index contributed by atoms with van der Waals surface area (Å²) in [5, 5.41) is 4.50. The zero-order valence-corrected chi connectivity index (χ0v) is 21.0. The normalized spacial score (nSPS) is 16.8. The van der Waals surface area contributed by atoms with Crippen LogP contribution in [0, 0.1) is 32.2 Å². The van der Waals surface area contributed by atoms with Gasteiger partial charge in [0.15, 0.2) is 0 Å². The molecule has 0 radical (unpaired) electrons. The summed E-state index contributed by atoms with van der Waals surface area (Å²) in [4.78, 5) is 0.686. The number of aromatic nitrogens is 1. The van der Waals surface area contributed by atoms with E-state index in [0.717, 1.165) is 26.7 Å². The molecule has 3 aromatic rings. The molecule has 1 aliphatic rings. The number of ether oxygens (including phenoxy) is 1. The molecule has 1 aromatic heterocycles. The summed E-state index contributed by atoms with van der Waals surface area (Å²) in [6.45, 7) is 15.7. The van der Waals surface area contributed by atoms with Crippen molar-refractivity contribution in [3.63, 3.8) is 0 Å². The average molecular weight is 451 g/mol. The topological polar surface area (TPSA) is 26.2 Å². The second-order valence-corrected chi connectivity index (χ2v) is 10.1. The molecule has 0 aliphatic carbocycles. The largest absolute Gasteiger partial charge is 0.486 e. The van der Waals surface area contributed by atoms with Crippen molar-refractivity contribution in [2.45, 2.75) is 66.7 Å². The van der Waals surface area contributed by atoms with Crippen LogP contribution in [0.15, 0.2) is 30.5 Å². The summed E-state index contributed by atoms with van der Waals surface area (Å²) in [6.07, 6.45) is 2.15. The van der Waals surface area contributed by atoms with Crippen LogP contribution in [0.4, 0.5) is 0 Å². The predicted octanol–water partition coefficient (Wildman–Crippen LogP) is 6.59. The van der Waals surface area contributed by atoms with Crippen molar-refractivity contribution >= 4 is 40.3 Å². The molecule has 4 rings (SSSR count). The second-order valence-electron chi connectivity index (χ2n) is 9.25. The molecule has 0 unspecified atom stereocenters. The van der Waals surface area contributed by atoms with E-state index in [9.17, 15) is 0 Å². The molecule has 5 heteroatoms. The van der Waals surface area contributed by atoms with E-state index in [2.05, 4.69) is 88.8 Å². The van der Waals surface area contributed by atoms with E-state index < -0.39 is 0 Å². The molecule has 0 saturated heterocycles. The molecule has 2 heterocycles. The Balaban J connectivity index is 1.88. The Hall–Kier alpha value is -2.24. The number of thiocarbonyl (C=S) groups is 1. The Kier molecular flexibility index (Phi) is 5.47. The van der Waals surface area contributed by atoms with Crippen LogP contribution in [-0.4, -0.2) is 15.7 Å². The zero-order chi connectivity index (χ0) is 22.7. The van der Waals surface area contributed by atoms with Crippen molar-refractivity contribution in [3.05, 3.63) is 68.4 Å². The minimum Gasteiger partial charge on any atom is -0.486 e. The van der Waals surface area contributed by atoms with Crippen molar-refractivity contribution < 1.29 is 4.74 Å². The Labute approximate surface area is 195 Å². The van der Waals surface area contributed by atoms with Gasteiger partial charge in [0.05, 0.1) is 15.6 Å². The third-order valence-corrected chi connectivity index (χ3v) is 7.78. The third kappa shape index (κ3) is 3.48. The summed E-state index contributed by atoms with van der Waals surface area (Å²) in [6, 6.07) is 8.50. The fourth-order valence-corrected chi connectivity index (χ4v) is 4.96. The zero-order valence-electron chi connectivity index (χ0n) is 19.3. The number of aryl methyl sites for hydroxylation is 2. The number of pyridine rings is 1. The monoisotopic (exact) mass is 450 g/mol. The van der Waals surface area contributed by atoms with Gasteiger partial charge in [-0.15, -0.1) is 0 Å². The molecule has 0 amide bonds. The van der Waals surface area contributed by atoms with Crippen molar-refractivity contribution in [2.75, 3.05) is 0 Å². The fraction of sp³-hybridized carbons (Fsp3) is 0.385. The lowest BCUT2D eigenvalue weighted by Gasteiger charge is -2.42. The van der Waals surface area contributed by atoms with Crippen molar-refractivity contribution in [1.29, 1.82) is 0 Å². The Bertz CT molecular complexity index is 1270. The first-order valence-corrected chi connectivity index (χ1v) is 11.6. The van der Waals surface area contributed by atoms with E-state index in [1.807, 2.05) is 0 Å². The van der Waals surface area contributed by atoms with Crippen LogP contribution in [0.2, 0.25) is 0 Å². The molecule has 3 nitrogen and oxygen atoms in total. The van der Waals surface area contributed by atoms with E-state index in [-0.39, 0.29) is 11.6 Å². The van der Waals surface area contributed by atoms with E-state index in [1.54, 1.807) is 0 Å². The highest BCUT2D eigenvalue weighted by Gasteiger charge is 2.37. The maximum absolute atomic E-state index is 6.44. The number of benzene rings is 2. The summed E-state index contributed by atoms with van der Waals surface area (Å²) in [7, 11) is 0. The van der Waals surface area contributed by atoms with Crippen LogP contribution in [-0.2, 0) is 12.1 Å². The first kappa shape index (κ1) is 22.0. The standard InChI is InChI=1S/C26H30N2OS2/c1-14-8-10-19(11-9-14)12-27-25(31)20-13-28-22-21(24(20)30)16(3)15(2)17(4)23(22)29-18(5)26(28,6)7/h8-11,13,18H,12H2,1-7H3,(H,27,31)/t18-/m1/s1. The quantitative estimate of drug-likeness (QED) is 0.456. The number of hydrogen-bond acceptors (Lipinski definition) is 3. The lowest BCUT2D eigenvalue weighted by molar-refractivity contribution is 0.0838. The summed E-state index contributed by atoms with van der Waals surface area (Å²) in [5.74, 6) is 0.945. The van der Waals surface area contributed by atoms with Gasteiger partial charge in [0.25, 0.3) is 0 Å². The van der Waals surface area contributed by atoms with Crippen LogP contribution >= 0.6 is 24.4 Å². The highest BCUT2D eigenvalue weighted by molar-refractivity contribution is 7.80. The number of nitrogens with zero attached hydrogens (tertiary/aromatic N) is 1. The highest BCUT2D eigenvalue weighted by Crippen LogP contribution is 2.44. The van der Waals surface area contributed by atoms with Crippen molar-refractivity contribution in [2.24, 2.45) is 0 Å². The van der Waals surface area contributed by atoms with Gasteiger partial charge in [-0.1, -0.05) is 54.3 Å². The van der Waals surface area contributed by atoms with Crippen LogP contribution in [0.3, 0.4) is 0 Å². The van der Waals surface area contributed by atoms with Crippen LogP contribution in [0.1, 0.15) is 54.2 Å². The van der Waals surface area contributed by atoms with Crippen LogP contribution in [0.5, 0.6) is 5.75 Å². The van der Waals surface area contributed by atoms with Gasteiger partial charge in [0.1, 0.15) is 16.8 Å². The predicted molar refractivity (Wildman–Crippen MR) is 136 cm³/mol. The number of nitrogens with one attached hydrogen (secondary N) is 1. The van der Waals surface area contributed by atoms with Gasteiger partial charge in [0.2, 0.25) is 0 Å². The van der Waals surface area contributed by atoms with Crippen LogP contribution < -0.4 is 10.1 Å². The van der Waals surface area contributed by atoms with Gasteiger partial charge in [-0.2, -0.15) is 0 Å². The maximum Gasteiger partial charge on any atom is 0.147 e. The summed E-state index contributed by atoms with van der Waals surface area (Å²) < 4.78 is 9.56. The van der Waals surface area contributed by atoms with Gasteiger partial charge < -0.3 is 14.6 Å². The van der Waals surface area contributed by atoms with Gasteiger partial charge in [-0.25, -0.2) is 0 Å². The summed E-state index contributed by atoms with van der Waals surface area (Å²) in [5.41, 5.74) is 7.81. The molecular weight excluding hydrogens is 420 g/mol. The molecule has 0 saturated carbocycles. The molecule has 0 spiro atoms. The van der Waals surface area contributed by atoms with Crippen molar-refractivity contribution in [3.8, 4) is 5.75 Å². The molecule has 162 valence electrons. The first-order chi connectivity index (χ1) is 14.5. The molecule has 1 atom stereocenters. The minimum atomic E-state index is -0.232. The lowest BCUT2D eigenvalue weighted by atomic mass is 9.90. The smallest absolute Gasteiger partial charge is 0.147 e. The van der Waals surface area contributed by atoms with Crippen LogP contribution in [0.25, 0.3) is 10.9 Å². The second kappa shape index (κ2) is 7.72. The molecule has 31 heavy (non-hydrogen) atoms. The van der Waals surface area contributed by atoms with Crippen molar-refractivity contribution in [1.82, 2.24) is 9.88 Å². The highest BCUT2D eigenvalue weighted by atomic mass is 32.1. The van der Waals surface area contributed by atoms with Gasteiger partial charge >= 0.3 is 0 Å². The minimum absolute atomic E-state index is 0.0203. The number of hydrogen-bond donors (Lipinski definition) is 1. The Morgan fingerprint density at radius 3 is 2.35 bits per heavy atom. The molecule has 1 aliphatic heterocycles. The Morgan fingerprint density at radius 2 is 1.71 bits per heavy atom. The molecule has 2 aromatic carbocycles. The fourth-order valence-electron chi connectivity index (χ4n) is 4.26. The summed E-state index contributed by atoms with van der Waals surface area (Å²) >= 11 is 11.8. The maximum atomic E-state index is 6.44. The molecule has 1 N–H and O–H groups in total. The van der Waals surface area contributed by atoms with E-state index in [0.29, 0.717) is 11.5 Å². The lowest BCUT2D eigenvalue weighted by Crippen LogP contribution is -2.45. The first-order valence-electron chi connectivity index (χ1n) is 10.7. The average Bonchev–Trinajstić information content (AvgIpc) is 2.73. The van der Waals surface area contributed by atoms with E-state index >= 15 is 0 Å². The molecule has 0 bridgehead atoms. The van der Waals surface area contributed by atoms with Gasteiger partial charge in [-0.05, 0) is 70.7 Å². The Morgan fingerprint density at radius 1 is 1.06 bits per heavy atom. The molecule has 0 fully saturated rings. The van der Waals surface area contributed by atoms with E-state index in [1.165, 1.54) is 27.8 Å². The van der Waals surface area contributed by atoms with E-state index in [4.69, 9.17) is 29.2 Å².